The molecule has 0 radical (unpaired) electrons. The highest BCUT2D eigenvalue weighted by molar-refractivity contribution is 5.86. The van der Waals surface area contributed by atoms with Crippen molar-refractivity contribution in [2.45, 2.75) is 38.8 Å². The van der Waals surface area contributed by atoms with Crippen molar-refractivity contribution in [3.8, 4) is 0 Å². The molecule has 1 aromatic carbocycles. The summed E-state index contributed by atoms with van der Waals surface area (Å²) in [6, 6.07) is 8.37. The van der Waals surface area contributed by atoms with E-state index in [1.165, 1.54) is 12.6 Å². The normalized spacial score (nSPS) is 12.7. The van der Waals surface area contributed by atoms with Crippen LogP contribution in [0.1, 0.15) is 31.9 Å². The standard InChI is InChI=1S/C19H29F3N4O/c1-18(2,3)15-8-6-14(7-9-15)10-11-24-17(23-4)25-12-16(27)26(5)13-19(20,21)22/h6-9H,10-13H2,1-5H3,(H2,23,24,25). The van der Waals surface area contributed by atoms with Crippen LogP contribution in [-0.2, 0) is 16.6 Å². The number of benzene rings is 1. The molecule has 0 saturated heterocycles. The molecule has 0 heterocycles. The number of halogens is 3. The maximum atomic E-state index is 12.3. The second-order valence-electron chi connectivity index (χ2n) is 7.41. The van der Waals surface area contributed by atoms with E-state index in [1.54, 1.807) is 0 Å². The highest BCUT2D eigenvalue weighted by Crippen LogP contribution is 2.22. The minimum absolute atomic E-state index is 0.106. The van der Waals surface area contributed by atoms with Crippen molar-refractivity contribution in [1.82, 2.24) is 15.5 Å². The van der Waals surface area contributed by atoms with E-state index in [4.69, 9.17) is 0 Å². The first-order valence-electron chi connectivity index (χ1n) is 8.77. The van der Waals surface area contributed by atoms with Crippen LogP contribution >= 0.6 is 0 Å². The molecule has 0 saturated carbocycles. The molecule has 0 aliphatic carbocycles. The van der Waals surface area contributed by atoms with E-state index in [9.17, 15) is 18.0 Å². The summed E-state index contributed by atoms with van der Waals surface area (Å²) < 4.78 is 36.9. The van der Waals surface area contributed by atoms with Crippen molar-refractivity contribution in [1.29, 1.82) is 0 Å². The van der Waals surface area contributed by atoms with Crippen molar-refractivity contribution in [2.75, 3.05) is 33.7 Å². The van der Waals surface area contributed by atoms with Gasteiger partial charge >= 0.3 is 6.18 Å². The van der Waals surface area contributed by atoms with Gasteiger partial charge in [0, 0.05) is 20.6 Å². The third kappa shape index (κ3) is 8.79. The molecule has 0 aromatic heterocycles. The third-order valence-electron chi connectivity index (χ3n) is 4.00. The van der Waals surface area contributed by atoms with Gasteiger partial charge in [-0.05, 0) is 23.0 Å². The average Bonchev–Trinajstić information content (AvgIpc) is 2.55. The Labute approximate surface area is 159 Å². The maximum absolute atomic E-state index is 12.3. The first-order valence-corrected chi connectivity index (χ1v) is 8.77. The number of amides is 1. The van der Waals surface area contributed by atoms with Crippen LogP contribution in [0.25, 0.3) is 0 Å². The fraction of sp³-hybridized carbons (Fsp3) is 0.579. The van der Waals surface area contributed by atoms with E-state index in [-0.39, 0.29) is 12.0 Å². The first kappa shape index (κ1) is 22.8. The largest absolute Gasteiger partial charge is 0.406 e. The molecule has 5 nitrogen and oxygen atoms in total. The number of aliphatic imine (C=N–C) groups is 1. The monoisotopic (exact) mass is 386 g/mol. The molecular weight excluding hydrogens is 357 g/mol. The average molecular weight is 386 g/mol. The molecule has 0 aliphatic heterocycles. The number of likely N-dealkylation sites (N-methyl/N-ethyl adjacent to an activating group) is 1. The van der Waals surface area contributed by atoms with Gasteiger partial charge in [-0.1, -0.05) is 45.0 Å². The number of nitrogens with zero attached hydrogens (tertiary/aromatic N) is 2. The Morgan fingerprint density at radius 1 is 1.11 bits per heavy atom. The van der Waals surface area contributed by atoms with Crippen LogP contribution < -0.4 is 10.6 Å². The van der Waals surface area contributed by atoms with Gasteiger partial charge in [-0.15, -0.1) is 0 Å². The SMILES string of the molecule is CN=C(NCCc1ccc(C(C)(C)C)cc1)NCC(=O)N(C)CC(F)(F)F. The molecule has 8 heteroatoms. The number of nitrogens with one attached hydrogen (secondary N) is 2. The minimum atomic E-state index is -4.41. The van der Waals surface area contributed by atoms with Gasteiger partial charge in [-0.3, -0.25) is 9.79 Å². The van der Waals surface area contributed by atoms with E-state index in [2.05, 4.69) is 60.7 Å². The molecular formula is C19H29F3N4O. The summed E-state index contributed by atoms with van der Waals surface area (Å²) >= 11 is 0. The molecule has 2 N–H and O–H groups in total. The van der Waals surface area contributed by atoms with Crippen molar-refractivity contribution >= 4 is 11.9 Å². The van der Waals surface area contributed by atoms with E-state index in [0.29, 0.717) is 17.4 Å². The quantitative estimate of drug-likeness (QED) is 0.584. The maximum Gasteiger partial charge on any atom is 0.406 e. The summed E-state index contributed by atoms with van der Waals surface area (Å²) in [6.07, 6.45) is -3.65. The molecule has 0 fully saturated rings. The molecule has 0 unspecified atom stereocenters. The van der Waals surface area contributed by atoms with Crippen molar-refractivity contribution in [3.05, 3.63) is 35.4 Å². The number of guanidine groups is 1. The number of alkyl halides is 3. The van der Waals surface area contributed by atoms with Gasteiger partial charge < -0.3 is 15.5 Å². The summed E-state index contributed by atoms with van der Waals surface area (Å²) in [4.78, 5) is 16.3. The fourth-order valence-corrected chi connectivity index (χ4v) is 2.37. The van der Waals surface area contributed by atoms with Gasteiger partial charge in [0.25, 0.3) is 0 Å². The van der Waals surface area contributed by atoms with Crippen LogP contribution in [-0.4, -0.2) is 56.7 Å². The van der Waals surface area contributed by atoms with Gasteiger partial charge in [0.1, 0.15) is 6.54 Å². The molecule has 1 aromatic rings. The Bertz CT molecular complexity index is 634. The molecule has 27 heavy (non-hydrogen) atoms. The van der Waals surface area contributed by atoms with Gasteiger partial charge in [0.2, 0.25) is 5.91 Å². The summed E-state index contributed by atoms with van der Waals surface area (Å²) in [5, 5.41) is 5.78. The molecule has 0 spiro atoms. The zero-order valence-electron chi connectivity index (χ0n) is 16.6. The molecule has 152 valence electrons. The van der Waals surface area contributed by atoms with Crippen LogP contribution in [0.2, 0.25) is 0 Å². The Balaban J connectivity index is 2.41. The van der Waals surface area contributed by atoms with Crippen molar-refractivity contribution in [3.63, 3.8) is 0 Å². The van der Waals surface area contributed by atoms with E-state index < -0.39 is 18.6 Å². The Morgan fingerprint density at radius 2 is 1.70 bits per heavy atom. The minimum Gasteiger partial charge on any atom is -0.356 e. The van der Waals surface area contributed by atoms with Crippen molar-refractivity contribution in [2.24, 2.45) is 4.99 Å². The topological polar surface area (TPSA) is 56.7 Å². The molecule has 0 atom stereocenters. The van der Waals surface area contributed by atoms with Crippen LogP contribution in [0.3, 0.4) is 0 Å². The lowest BCUT2D eigenvalue weighted by molar-refractivity contribution is -0.157. The summed E-state index contributed by atoms with van der Waals surface area (Å²) in [5.74, 6) is -0.289. The number of hydrogen-bond acceptors (Lipinski definition) is 2. The predicted molar refractivity (Wildman–Crippen MR) is 102 cm³/mol. The summed E-state index contributed by atoms with van der Waals surface area (Å²) in [7, 11) is 2.66. The number of hydrogen-bond donors (Lipinski definition) is 2. The lowest BCUT2D eigenvalue weighted by Gasteiger charge is -2.20. The Hall–Kier alpha value is -2.25. The van der Waals surface area contributed by atoms with Crippen LogP contribution in [0, 0.1) is 0 Å². The van der Waals surface area contributed by atoms with Crippen LogP contribution in [0.5, 0.6) is 0 Å². The number of carbonyl (C=O) groups excluding carboxylic acids is 1. The molecule has 0 bridgehead atoms. The van der Waals surface area contributed by atoms with Gasteiger partial charge in [-0.25, -0.2) is 0 Å². The highest BCUT2D eigenvalue weighted by atomic mass is 19.4. The Kier molecular flexibility index (Phi) is 8.12. The molecule has 1 rings (SSSR count). The zero-order valence-corrected chi connectivity index (χ0v) is 16.6. The highest BCUT2D eigenvalue weighted by Gasteiger charge is 2.31. The van der Waals surface area contributed by atoms with E-state index >= 15 is 0 Å². The second kappa shape index (κ2) is 9.62. The van der Waals surface area contributed by atoms with Crippen LogP contribution in [0.4, 0.5) is 13.2 Å². The lowest BCUT2D eigenvalue weighted by atomic mass is 9.86. The van der Waals surface area contributed by atoms with Crippen molar-refractivity contribution < 1.29 is 18.0 Å². The third-order valence-corrected chi connectivity index (χ3v) is 4.00. The first-order chi connectivity index (χ1) is 12.4. The Morgan fingerprint density at radius 3 is 2.19 bits per heavy atom. The van der Waals surface area contributed by atoms with E-state index in [0.717, 1.165) is 19.0 Å². The lowest BCUT2D eigenvalue weighted by Crippen LogP contribution is -2.45. The van der Waals surface area contributed by atoms with Gasteiger partial charge in [-0.2, -0.15) is 13.2 Å². The van der Waals surface area contributed by atoms with Crippen LogP contribution in [0.15, 0.2) is 29.3 Å². The zero-order chi connectivity index (χ0) is 20.7. The predicted octanol–water partition coefficient (Wildman–Crippen LogP) is 2.71. The van der Waals surface area contributed by atoms with Gasteiger partial charge in [0.15, 0.2) is 5.96 Å². The van der Waals surface area contributed by atoms with E-state index in [1.807, 2.05) is 0 Å². The number of carbonyl (C=O) groups is 1. The second-order valence-corrected chi connectivity index (χ2v) is 7.41. The smallest absolute Gasteiger partial charge is 0.356 e. The molecule has 1 amide bonds. The molecule has 0 aliphatic rings. The summed E-state index contributed by atoms with van der Waals surface area (Å²) in [5.41, 5.74) is 2.53. The van der Waals surface area contributed by atoms with Gasteiger partial charge in [0.05, 0.1) is 6.54 Å². The number of rotatable bonds is 6. The summed E-state index contributed by atoms with van der Waals surface area (Å²) in [6.45, 7) is 5.53. The fourth-order valence-electron chi connectivity index (χ4n) is 2.37.